The van der Waals surface area contributed by atoms with Crippen molar-refractivity contribution < 1.29 is 9.53 Å². The number of carbonyl (C=O) groups is 1. The molecule has 7 heteroatoms. The van der Waals surface area contributed by atoms with E-state index < -0.39 is 0 Å². The number of carbonyl (C=O) groups excluding carboxylic acids is 1. The number of nitrogens with zero attached hydrogens (tertiary/aromatic N) is 4. The van der Waals surface area contributed by atoms with Crippen LogP contribution in [0.2, 0.25) is 0 Å². The van der Waals surface area contributed by atoms with Gasteiger partial charge in [0.05, 0.1) is 18.9 Å². The molecule has 1 N–H and O–H groups in total. The number of amides is 1. The van der Waals surface area contributed by atoms with E-state index in [0.717, 1.165) is 30.2 Å². The number of hydrogen-bond donors (Lipinski definition) is 1. The maximum absolute atomic E-state index is 12.5. The van der Waals surface area contributed by atoms with Gasteiger partial charge in [-0.25, -0.2) is 4.98 Å². The fourth-order valence-corrected chi connectivity index (χ4v) is 2.86. The summed E-state index contributed by atoms with van der Waals surface area (Å²) in [6, 6.07) is 5.71. The summed E-state index contributed by atoms with van der Waals surface area (Å²) in [5, 5.41) is 7.30. The summed E-state index contributed by atoms with van der Waals surface area (Å²) in [5.74, 6) is 0.801. The van der Waals surface area contributed by atoms with Gasteiger partial charge in [-0.1, -0.05) is 6.07 Å². The molecule has 2 aromatic rings. The van der Waals surface area contributed by atoms with Gasteiger partial charge in [0.15, 0.2) is 0 Å². The summed E-state index contributed by atoms with van der Waals surface area (Å²) in [6.07, 6.45) is 1.78. The molecule has 1 aliphatic rings. The molecule has 3 heterocycles. The van der Waals surface area contributed by atoms with Crippen LogP contribution in [-0.4, -0.2) is 47.0 Å². The van der Waals surface area contributed by atoms with Crippen LogP contribution >= 0.6 is 0 Å². The molecule has 3 rings (SSSR count). The molecule has 0 aliphatic carbocycles. The third-order valence-electron chi connectivity index (χ3n) is 4.05. The minimum Gasteiger partial charge on any atom is -0.378 e. The second kappa shape index (κ2) is 7.44. The molecule has 2 aromatic heterocycles. The molecule has 1 saturated heterocycles. The van der Waals surface area contributed by atoms with Crippen molar-refractivity contribution in [2.24, 2.45) is 0 Å². The summed E-state index contributed by atoms with van der Waals surface area (Å²) in [4.78, 5) is 19.2. The van der Waals surface area contributed by atoms with Gasteiger partial charge in [-0.05, 0) is 26.0 Å². The third kappa shape index (κ3) is 3.56. The summed E-state index contributed by atoms with van der Waals surface area (Å²) in [6.45, 7) is 8.02. The fraction of sp³-hybridized carbons (Fsp3) is 0.471. The topological polar surface area (TPSA) is 72.3 Å². The van der Waals surface area contributed by atoms with E-state index in [4.69, 9.17) is 4.74 Å². The Morgan fingerprint density at radius 2 is 2.17 bits per heavy atom. The molecular weight excluding hydrogens is 306 g/mol. The van der Waals surface area contributed by atoms with Crippen molar-refractivity contribution in [2.45, 2.75) is 26.9 Å². The predicted octanol–water partition coefficient (Wildman–Crippen LogP) is 1.37. The number of hydrogen-bond acceptors (Lipinski definition) is 5. The minimum atomic E-state index is -0.116. The molecule has 24 heavy (non-hydrogen) atoms. The lowest BCUT2D eigenvalue weighted by molar-refractivity contribution is 0.0940. The van der Waals surface area contributed by atoms with Crippen molar-refractivity contribution in [3.05, 3.63) is 41.3 Å². The zero-order valence-electron chi connectivity index (χ0n) is 14.2. The van der Waals surface area contributed by atoms with Crippen LogP contribution in [-0.2, 0) is 17.8 Å². The number of aryl methyl sites for hydroxylation is 2. The first-order valence-electron chi connectivity index (χ1n) is 8.28. The Balaban J connectivity index is 1.71. The first-order valence-corrected chi connectivity index (χ1v) is 8.28. The summed E-state index contributed by atoms with van der Waals surface area (Å²) in [7, 11) is 0. The van der Waals surface area contributed by atoms with Crippen molar-refractivity contribution in [3.63, 3.8) is 0 Å². The Labute approximate surface area is 141 Å². The van der Waals surface area contributed by atoms with E-state index in [-0.39, 0.29) is 5.91 Å². The second-order valence-electron chi connectivity index (χ2n) is 5.75. The largest absolute Gasteiger partial charge is 0.378 e. The number of rotatable bonds is 5. The van der Waals surface area contributed by atoms with E-state index in [1.807, 2.05) is 32.0 Å². The molecule has 0 unspecified atom stereocenters. The van der Waals surface area contributed by atoms with Crippen LogP contribution in [0.1, 0.15) is 28.7 Å². The second-order valence-corrected chi connectivity index (χ2v) is 5.75. The quantitative estimate of drug-likeness (QED) is 0.897. The SMILES string of the molecule is CCn1nc(C)cc1C(=O)NCc1cccnc1N1CCOCC1. The molecule has 0 bridgehead atoms. The van der Waals surface area contributed by atoms with Gasteiger partial charge in [0.2, 0.25) is 0 Å². The van der Waals surface area contributed by atoms with Crippen molar-refractivity contribution in [1.29, 1.82) is 0 Å². The van der Waals surface area contributed by atoms with Crippen LogP contribution in [0.15, 0.2) is 24.4 Å². The van der Waals surface area contributed by atoms with Crippen LogP contribution in [0.25, 0.3) is 0 Å². The Kier molecular flexibility index (Phi) is 5.10. The number of morpholine rings is 1. The van der Waals surface area contributed by atoms with Gasteiger partial charge in [-0.15, -0.1) is 0 Å². The standard InChI is InChI=1S/C17H23N5O2/c1-3-22-15(11-13(2)20-22)17(23)19-12-14-5-4-6-18-16(14)21-7-9-24-10-8-21/h4-6,11H,3,7-10,12H2,1-2H3,(H,19,23). The number of nitrogens with one attached hydrogen (secondary N) is 1. The van der Waals surface area contributed by atoms with Crippen molar-refractivity contribution in [2.75, 3.05) is 31.2 Å². The minimum absolute atomic E-state index is 0.116. The highest BCUT2D eigenvalue weighted by atomic mass is 16.5. The highest BCUT2D eigenvalue weighted by Crippen LogP contribution is 2.18. The van der Waals surface area contributed by atoms with E-state index in [1.165, 1.54) is 0 Å². The fourth-order valence-electron chi connectivity index (χ4n) is 2.86. The van der Waals surface area contributed by atoms with Gasteiger partial charge in [-0.3, -0.25) is 9.48 Å². The average Bonchev–Trinajstić information content (AvgIpc) is 3.01. The Bertz CT molecular complexity index is 707. The summed E-state index contributed by atoms with van der Waals surface area (Å²) in [5.41, 5.74) is 2.44. The zero-order chi connectivity index (χ0) is 16.9. The van der Waals surface area contributed by atoms with Gasteiger partial charge in [0, 0.05) is 37.9 Å². The van der Waals surface area contributed by atoms with Gasteiger partial charge in [-0.2, -0.15) is 5.10 Å². The highest BCUT2D eigenvalue weighted by molar-refractivity contribution is 5.92. The highest BCUT2D eigenvalue weighted by Gasteiger charge is 2.17. The molecule has 1 fully saturated rings. The maximum Gasteiger partial charge on any atom is 0.269 e. The Morgan fingerprint density at radius 3 is 2.92 bits per heavy atom. The smallest absolute Gasteiger partial charge is 0.269 e. The zero-order valence-corrected chi connectivity index (χ0v) is 14.2. The first-order chi connectivity index (χ1) is 11.7. The predicted molar refractivity (Wildman–Crippen MR) is 91.1 cm³/mol. The maximum atomic E-state index is 12.5. The first kappa shape index (κ1) is 16.4. The van der Waals surface area contributed by atoms with Crippen LogP contribution in [0.4, 0.5) is 5.82 Å². The molecule has 1 aliphatic heterocycles. The van der Waals surface area contributed by atoms with Gasteiger partial charge < -0.3 is 15.0 Å². The van der Waals surface area contributed by atoms with E-state index in [1.54, 1.807) is 10.9 Å². The van der Waals surface area contributed by atoms with E-state index in [9.17, 15) is 4.79 Å². The molecule has 7 nitrogen and oxygen atoms in total. The Hall–Kier alpha value is -2.41. The summed E-state index contributed by atoms with van der Waals surface area (Å²) < 4.78 is 7.12. The average molecular weight is 329 g/mol. The summed E-state index contributed by atoms with van der Waals surface area (Å²) >= 11 is 0. The molecule has 128 valence electrons. The number of anilines is 1. The molecule has 0 saturated carbocycles. The van der Waals surface area contributed by atoms with Crippen molar-refractivity contribution in [3.8, 4) is 0 Å². The number of pyridine rings is 1. The molecule has 0 radical (unpaired) electrons. The third-order valence-corrected chi connectivity index (χ3v) is 4.05. The van der Waals surface area contributed by atoms with E-state index in [2.05, 4.69) is 20.3 Å². The van der Waals surface area contributed by atoms with Crippen molar-refractivity contribution >= 4 is 11.7 Å². The lowest BCUT2D eigenvalue weighted by Gasteiger charge is -2.29. The van der Waals surface area contributed by atoms with Crippen molar-refractivity contribution in [1.82, 2.24) is 20.1 Å². The lowest BCUT2D eigenvalue weighted by Crippen LogP contribution is -2.38. The normalized spacial score (nSPS) is 14.7. The van der Waals surface area contributed by atoms with Crippen LogP contribution in [0, 0.1) is 6.92 Å². The van der Waals surface area contributed by atoms with Gasteiger partial charge in [0.1, 0.15) is 11.5 Å². The van der Waals surface area contributed by atoms with Gasteiger partial charge in [0.25, 0.3) is 5.91 Å². The van der Waals surface area contributed by atoms with Crippen LogP contribution in [0.5, 0.6) is 0 Å². The monoisotopic (exact) mass is 329 g/mol. The molecule has 0 aromatic carbocycles. The molecule has 1 amide bonds. The van der Waals surface area contributed by atoms with Crippen LogP contribution < -0.4 is 10.2 Å². The van der Waals surface area contributed by atoms with E-state index in [0.29, 0.717) is 32.0 Å². The van der Waals surface area contributed by atoms with Gasteiger partial charge >= 0.3 is 0 Å². The molecule has 0 spiro atoms. The molecule has 0 atom stereocenters. The molecular formula is C17H23N5O2. The van der Waals surface area contributed by atoms with E-state index >= 15 is 0 Å². The Morgan fingerprint density at radius 1 is 1.38 bits per heavy atom. The lowest BCUT2D eigenvalue weighted by atomic mass is 10.2. The number of aromatic nitrogens is 3. The number of ether oxygens (including phenoxy) is 1. The van der Waals surface area contributed by atoms with Crippen LogP contribution in [0.3, 0.4) is 0 Å².